The molecular formula is C10H15N3O. The lowest BCUT2D eigenvalue weighted by atomic mass is 10.1. The van der Waals surface area contributed by atoms with Gasteiger partial charge in [0, 0.05) is 32.0 Å². The second-order valence-electron chi connectivity index (χ2n) is 3.74. The summed E-state index contributed by atoms with van der Waals surface area (Å²) >= 11 is 0. The van der Waals surface area contributed by atoms with Gasteiger partial charge in [0.15, 0.2) is 0 Å². The molecule has 0 unspecified atom stereocenters. The van der Waals surface area contributed by atoms with Crippen LogP contribution >= 0.6 is 0 Å². The molecule has 1 aromatic rings. The molecule has 0 atom stereocenters. The van der Waals surface area contributed by atoms with Crippen LogP contribution in [0.25, 0.3) is 0 Å². The maximum Gasteiger partial charge on any atom is 0.255 e. The van der Waals surface area contributed by atoms with Gasteiger partial charge in [-0.2, -0.15) is 0 Å². The van der Waals surface area contributed by atoms with Crippen molar-refractivity contribution < 1.29 is 4.79 Å². The van der Waals surface area contributed by atoms with Gasteiger partial charge >= 0.3 is 0 Å². The second-order valence-corrected chi connectivity index (χ2v) is 3.74. The van der Waals surface area contributed by atoms with E-state index in [1.54, 1.807) is 6.20 Å². The van der Waals surface area contributed by atoms with Gasteiger partial charge in [-0.1, -0.05) is 0 Å². The number of H-pyrrole nitrogens is 1. The average molecular weight is 193 g/mol. The van der Waals surface area contributed by atoms with Crippen LogP contribution < -0.4 is 5.32 Å². The first-order valence-electron chi connectivity index (χ1n) is 4.82. The molecule has 2 N–H and O–H groups in total. The first kappa shape index (κ1) is 9.27. The van der Waals surface area contributed by atoms with Crippen LogP contribution in [0.3, 0.4) is 0 Å². The highest BCUT2D eigenvalue weighted by atomic mass is 16.2. The Labute approximate surface area is 83.3 Å². The van der Waals surface area contributed by atoms with Crippen LogP contribution in [0.4, 0.5) is 0 Å². The van der Waals surface area contributed by atoms with E-state index in [0.29, 0.717) is 6.04 Å². The fourth-order valence-corrected chi connectivity index (χ4v) is 1.59. The SMILES string of the molecule is Cc1[nH]ccc1C(=O)N(C)C1CNC1. The highest BCUT2D eigenvalue weighted by molar-refractivity contribution is 5.95. The van der Waals surface area contributed by atoms with Gasteiger partial charge in [0.1, 0.15) is 0 Å². The molecule has 0 radical (unpaired) electrons. The second kappa shape index (κ2) is 3.46. The number of rotatable bonds is 2. The molecule has 0 spiro atoms. The van der Waals surface area contributed by atoms with Crippen molar-refractivity contribution in [2.24, 2.45) is 0 Å². The molecule has 1 fully saturated rings. The first-order valence-corrected chi connectivity index (χ1v) is 4.82. The summed E-state index contributed by atoms with van der Waals surface area (Å²) in [4.78, 5) is 16.8. The van der Waals surface area contributed by atoms with E-state index in [2.05, 4.69) is 10.3 Å². The third kappa shape index (κ3) is 1.42. The first-order chi connectivity index (χ1) is 6.70. The Morgan fingerprint density at radius 1 is 1.57 bits per heavy atom. The van der Waals surface area contributed by atoms with Crippen LogP contribution in [0.1, 0.15) is 16.1 Å². The minimum absolute atomic E-state index is 0.107. The Hall–Kier alpha value is -1.29. The summed E-state index contributed by atoms with van der Waals surface area (Å²) in [6.45, 7) is 3.73. The number of aryl methyl sites for hydroxylation is 1. The molecule has 1 saturated heterocycles. The van der Waals surface area contributed by atoms with Crippen molar-refractivity contribution in [2.45, 2.75) is 13.0 Å². The zero-order valence-corrected chi connectivity index (χ0v) is 8.50. The van der Waals surface area contributed by atoms with Crippen LogP contribution in [0.15, 0.2) is 12.3 Å². The van der Waals surface area contributed by atoms with E-state index in [1.165, 1.54) is 0 Å². The van der Waals surface area contributed by atoms with Crippen molar-refractivity contribution >= 4 is 5.91 Å². The lowest BCUT2D eigenvalue weighted by Crippen LogP contribution is -2.57. The molecule has 0 bridgehead atoms. The Bertz CT molecular complexity index is 341. The molecule has 1 amide bonds. The maximum absolute atomic E-state index is 11.9. The Kier molecular flexibility index (Phi) is 2.29. The topological polar surface area (TPSA) is 48.1 Å². The Morgan fingerprint density at radius 3 is 2.71 bits per heavy atom. The summed E-state index contributed by atoms with van der Waals surface area (Å²) in [6.07, 6.45) is 1.80. The van der Waals surface area contributed by atoms with Crippen LogP contribution in [-0.4, -0.2) is 42.0 Å². The molecule has 4 nitrogen and oxygen atoms in total. The van der Waals surface area contributed by atoms with Crippen molar-refractivity contribution in [3.8, 4) is 0 Å². The number of hydrogen-bond donors (Lipinski definition) is 2. The predicted molar refractivity (Wildman–Crippen MR) is 54.3 cm³/mol. The number of carbonyl (C=O) groups excluding carboxylic acids is 1. The molecule has 0 saturated carbocycles. The zero-order chi connectivity index (χ0) is 10.1. The van der Waals surface area contributed by atoms with Crippen molar-refractivity contribution in [1.82, 2.24) is 15.2 Å². The third-order valence-corrected chi connectivity index (χ3v) is 2.81. The summed E-state index contributed by atoms with van der Waals surface area (Å²) in [6, 6.07) is 2.19. The Balaban J connectivity index is 2.11. The van der Waals surface area contributed by atoms with Gasteiger partial charge < -0.3 is 15.2 Å². The molecule has 1 aliphatic rings. The highest BCUT2D eigenvalue weighted by Gasteiger charge is 2.26. The van der Waals surface area contributed by atoms with Crippen molar-refractivity contribution in [1.29, 1.82) is 0 Å². The quantitative estimate of drug-likeness (QED) is 0.712. The van der Waals surface area contributed by atoms with Gasteiger partial charge in [0.2, 0.25) is 0 Å². The fraction of sp³-hybridized carbons (Fsp3) is 0.500. The number of aromatic nitrogens is 1. The van der Waals surface area contributed by atoms with Gasteiger partial charge in [-0.25, -0.2) is 0 Å². The van der Waals surface area contributed by atoms with Gasteiger partial charge in [-0.15, -0.1) is 0 Å². The predicted octanol–water partition coefficient (Wildman–Crippen LogP) is 0.367. The molecule has 2 rings (SSSR count). The van der Waals surface area contributed by atoms with Gasteiger partial charge in [-0.3, -0.25) is 4.79 Å². The van der Waals surface area contributed by atoms with E-state index in [9.17, 15) is 4.79 Å². The lowest BCUT2D eigenvalue weighted by molar-refractivity contribution is 0.0680. The van der Waals surface area contributed by atoms with Crippen LogP contribution in [0.5, 0.6) is 0 Å². The number of carbonyl (C=O) groups is 1. The van der Waals surface area contributed by atoms with E-state index in [4.69, 9.17) is 0 Å². The van der Waals surface area contributed by atoms with Crippen molar-refractivity contribution in [3.05, 3.63) is 23.5 Å². The standard InChI is InChI=1S/C10H15N3O/c1-7-9(3-4-12-7)10(14)13(2)8-5-11-6-8/h3-4,8,11-12H,5-6H2,1-2H3. The molecule has 14 heavy (non-hydrogen) atoms. The molecular weight excluding hydrogens is 178 g/mol. The fourth-order valence-electron chi connectivity index (χ4n) is 1.59. The largest absolute Gasteiger partial charge is 0.365 e. The van der Waals surface area contributed by atoms with E-state index in [0.717, 1.165) is 24.3 Å². The molecule has 76 valence electrons. The Morgan fingerprint density at radius 2 is 2.29 bits per heavy atom. The number of aromatic amines is 1. The molecule has 1 aromatic heterocycles. The van der Waals surface area contributed by atoms with Gasteiger partial charge in [-0.05, 0) is 13.0 Å². The molecule has 0 aromatic carbocycles. The summed E-state index contributed by atoms with van der Waals surface area (Å²) < 4.78 is 0. The highest BCUT2D eigenvalue weighted by Crippen LogP contribution is 2.11. The van der Waals surface area contributed by atoms with E-state index >= 15 is 0 Å². The van der Waals surface area contributed by atoms with Gasteiger partial charge in [0.25, 0.3) is 5.91 Å². The summed E-state index contributed by atoms with van der Waals surface area (Å²) in [5.74, 6) is 0.107. The smallest absolute Gasteiger partial charge is 0.255 e. The van der Waals surface area contributed by atoms with Crippen molar-refractivity contribution in [2.75, 3.05) is 20.1 Å². The van der Waals surface area contributed by atoms with Crippen LogP contribution in [0.2, 0.25) is 0 Å². The zero-order valence-electron chi connectivity index (χ0n) is 8.50. The minimum Gasteiger partial charge on any atom is -0.365 e. The van der Waals surface area contributed by atoms with Crippen LogP contribution in [0, 0.1) is 6.92 Å². The minimum atomic E-state index is 0.107. The van der Waals surface area contributed by atoms with Gasteiger partial charge in [0.05, 0.1) is 11.6 Å². The number of likely N-dealkylation sites (N-methyl/N-ethyl adjacent to an activating group) is 1. The molecule has 1 aliphatic heterocycles. The molecule has 0 aliphatic carbocycles. The number of hydrogen-bond acceptors (Lipinski definition) is 2. The van der Waals surface area contributed by atoms with Crippen molar-refractivity contribution in [3.63, 3.8) is 0 Å². The molecule has 4 heteroatoms. The summed E-state index contributed by atoms with van der Waals surface area (Å²) in [5.41, 5.74) is 1.72. The summed E-state index contributed by atoms with van der Waals surface area (Å²) in [7, 11) is 1.86. The maximum atomic E-state index is 11.9. The third-order valence-electron chi connectivity index (χ3n) is 2.81. The molecule has 2 heterocycles. The van der Waals surface area contributed by atoms with Crippen LogP contribution in [-0.2, 0) is 0 Å². The number of nitrogens with zero attached hydrogens (tertiary/aromatic N) is 1. The monoisotopic (exact) mass is 193 g/mol. The number of nitrogens with one attached hydrogen (secondary N) is 2. The number of amides is 1. The van der Waals surface area contributed by atoms with E-state index < -0.39 is 0 Å². The average Bonchev–Trinajstić information content (AvgIpc) is 2.47. The normalized spacial score (nSPS) is 16.4. The lowest BCUT2D eigenvalue weighted by Gasteiger charge is -2.35. The van der Waals surface area contributed by atoms with E-state index in [-0.39, 0.29) is 5.91 Å². The summed E-state index contributed by atoms with van der Waals surface area (Å²) in [5, 5.41) is 3.16. The van der Waals surface area contributed by atoms with E-state index in [1.807, 2.05) is 24.9 Å².